The number of nitrogens with one attached hydrogen (secondary N) is 1. The molecular weight excluding hydrogens is 320 g/mol. The van der Waals surface area contributed by atoms with Crippen LogP contribution in [-0.4, -0.2) is 27.1 Å². The fourth-order valence-corrected chi connectivity index (χ4v) is 4.32. The van der Waals surface area contributed by atoms with Crippen molar-refractivity contribution >= 4 is 21.4 Å². The summed E-state index contributed by atoms with van der Waals surface area (Å²) < 4.78 is 32.7. The lowest BCUT2D eigenvalue weighted by molar-refractivity contribution is 0.411. The van der Waals surface area contributed by atoms with E-state index in [1.54, 1.807) is 43.7 Å². The summed E-state index contributed by atoms with van der Waals surface area (Å²) in [6, 6.07) is 3.39. The standard InChI is InChI=1S/C15H20N2O3S2/c1-10-8-15(11(2)7-14(10)20-4)22(18,19)17-6-5-13-9-16-12(3)21-13/h7-9,17H,5-6H2,1-4H3. The summed E-state index contributed by atoms with van der Waals surface area (Å²) in [4.78, 5) is 5.53. The van der Waals surface area contributed by atoms with Crippen molar-refractivity contribution in [2.75, 3.05) is 13.7 Å². The van der Waals surface area contributed by atoms with Crippen molar-refractivity contribution in [2.24, 2.45) is 0 Å². The van der Waals surface area contributed by atoms with Gasteiger partial charge in [-0.2, -0.15) is 0 Å². The Morgan fingerprint density at radius 1 is 1.23 bits per heavy atom. The fraction of sp³-hybridized carbons (Fsp3) is 0.400. The lowest BCUT2D eigenvalue weighted by atomic mass is 10.1. The summed E-state index contributed by atoms with van der Waals surface area (Å²) in [5, 5.41) is 0.986. The number of hydrogen-bond donors (Lipinski definition) is 1. The SMILES string of the molecule is COc1cc(C)c(S(=O)(=O)NCCc2cnc(C)s2)cc1C. The lowest BCUT2D eigenvalue weighted by Crippen LogP contribution is -2.26. The van der Waals surface area contributed by atoms with Gasteiger partial charge in [0.05, 0.1) is 17.0 Å². The van der Waals surface area contributed by atoms with E-state index in [9.17, 15) is 8.42 Å². The maximum absolute atomic E-state index is 12.4. The van der Waals surface area contributed by atoms with Gasteiger partial charge in [-0.15, -0.1) is 11.3 Å². The van der Waals surface area contributed by atoms with E-state index < -0.39 is 10.0 Å². The van der Waals surface area contributed by atoms with Crippen LogP contribution in [0, 0.1) is 20.8 Å². The van der Waals surface area contributed by atoms with Crippen LogP contribution in [0.5, 0.6) is 5.75 Å². The van der Waals surface area contributed by atoms with Crippen molar-refractivity contribution in [3.05, 3.63) is 39.3 Å². The lowest BCUT2D eigenvalue weighted by Gasteiger charge is -2.12. The monoisotopic (exact) mass is 340 g/mol. The molecule has 0 bridgehead atoms. The Labute approximate surface area is 135 Å². The van der Waals surface area contributed by atoms with Gasteiger partial charge in [0.15, 0.2) is 0 Å². The van der Waals surface area contributed by atoms with E-state index in [0.29, 0.717) is 29.2 Å². The first-order chi connectivity index (χ1) is 10.3. The van der Waals surface area contributed by atoms with Gasteiger partial charge in [-0.05, 0) is 50.5 Å². The zero-order valence-corrected chi connectivity index (χ0v) is 14.8. The van der Waals surface area contributed by atoms with Gasteiger partial charge in [0.25, 0.3) is 0 Å². The maximum Gasteiger partial charge on any atom is 0.240 e. The highest BCUT2D eigenvalue weighted by Gasteiger charge is 2.18. The average Bonchev–Trinajstić information content (AvgIpc) is 2.86. The molecule has 0 aliphatic rings. The Morgan fingerprint density at radius 2 is 1.95 bits per heavy atom. The molecule has 0 radical (unpaired) electrons. The van der Waals surface area contributed by atoms with Crippen molar-refractivity contribution in [1.82, 2.24) is 9.71 Å². The van der Waals surface area contributed by atoms with Gasteiger partial charge < -0.3 is 4.74 Å². The Kier molecular flexibility index (Phi) is 5.20. The Bertz CT molecular complexity index is 767. The topological polar surface area (TPSA) is 68.3 Å². The molecule has 1 N–H and O–H groups in total. The number of thiazole rings is 1. The van der Waals surface area contributed by atoms with E-state index in [2.05, 4.69) is 9.71 Å². The fourth-order valence-electron chi connectivity index (χ4n) is 2.18. The number of ether oxygens (including phenoxy) is 1. The van der Waals surface area contributed by atoms with Crippen LogP contribution in [0.2, 0.25) is 0 Å². The van der Waals surface area contributed by atoms with E-state index in [1.807, 2.05) is 13.8 Å². The number of hydrogen-bond acceptors (Lipinski definition) is 5. The number of nitrogens with zero attached hydrogens (tertiary/aromatic N) is 1. The molecule has 5 nitrogen and oxygen atoms in total. The molecule has 0 fully saturated rings. The van der Waals surface area contributed by atoms with Crippen LogP contribution in [0.4, 0.5) is 0 Å². The van der Waals surface area contributed by atoms with Crippen LogP contribution < -0.4 is 9.46 Å². The maximum atomic E-state index is 12.4. The first kappa shape index (κ1) is 16.9. The molecule has 0 amide bonds. The normalized spacial score (nSPS) is 11.6. The minimum absolute atomic E-state index is 0.297. The molecule has 1 heterocycles. The molecule has 1 aromatic carbocycles. The molecule has 0 spiro atoms. The van der Waals surface area contributed by atoms with Gasteiger partial charge in [0.1, 0.15) is 5.75 Å². The summed E-state index contributed by atoms with van der Waals surface area (Å²) in [6.45, 7) is 5.89. The average molecular weight is 340 g/mol. The third-order valence-corrected chi connectivity index (χ3v) is 5.89. The third-order valence-electron chi connectivity index (χ3n) is 3.31. The van der Waals surface area contributed by atoms with Crippen molar-refractivity contribution in [1.29, 1.82) is 0 Å². The number of aromatic nitrogens is 1. The van der Waals surface area contributed by atoms with Crippen molar-refractivity contribution in [3.63, 3.8) is 0 Å². The molecule has 0 atom stereocenters. The summed E-state index contributed by atoms with van der Waals surface area (Å²) in [6.07, 6.45) is 2.43. The van der Waals surface area contributed by atoms with Crippen LogP contribution in [0.1, 0.15) is 21.0 Å². The van der Waals surface area contributed by atoms with Gasteiger partial charge in [0.2, 0.25) is 10.0 Å². The van der Waals surface area contributed by atoms with E-state index in [0.717, 1.165) is 15.4 Å². The van der Waals surface area contributed by atoms with Gasteiger partial charge >= 0.3 is 0 Å². The van der Waals surface area contributed by atoms with Crippen molar-refractivity contribution in [2.45, 2.75) is 32.1 Å². The predicted octanol–water partition coefficient (Wildman–Crippen LogP) is 2.60. The Morgan fingerprint density at radius 3 is 2.55 bits per heavy atom. The van der Waals surface area contributed by atoms with Crippen molar-refractivity contribution in [3.8, 4) is 5.75 Å². The molecule has 2 aromatic rings. The van der Waals surface area contributed by atoms with Crippen LogP contribution >= 0.6 is 11.3 Å². The van der Waals surface area contributed by atoms with Gasteiger partial charge in [-0.1, -0.05) is 0 Å². The number of sulfonamides is 1. The third kappa shape index (κ3) is 3.85. The highest BCUT2D eigenvalue weighted by molar-refractivity contribution is 7.89. The zero-order chi connectivity index (χ0) is 16.3. The van der Waals surface area contributed by atoms with Crippen molar-refractivity contribution < 1.29 is 13.2 Å². The second-order valence-corrected chi connectivity index (χ2v) is 8.14. The summed E-state index contributed by atoms with van der Waals surface area (Å²) in [5.74, 6) is 0.691. The molecular formula is C15H20N2O3S2. The highest BCUT2D eigenvalue weighted by atomic mass is 32.2. The molecule has 0 aliphatic heterocycles. The largest absolute Gasteiger partial charge is 0.496 e. The quantitative estimate of drug-likeness (QED) is 0.878. The number of benzene rings is 1. The van der Waals surface area contributed by atoms with E-state index >= 15 is 0 Å². The van der Waals surface area contributed by atoms with Gasteiger partial charge in [-0.25, -0.2) is 18.1 Å². The molecule has 120 valence electrons. The number of aryl methyl sites for hydroxylation is 3. The second kappa shape index (κ2) is 6.76. The summed E-state index contributed by atoms with van der Waals surface area (Å²) >= 11 is 1.58. The predicted molar refractivity (Wildman–Crippen MR) is 88.2 cm³/mol. The molecule has 0 saturated heterocycles. The molecule has 2 rings (SSSR count). The smallest absolute Gasteiger partial charge is 0.240 e. The molecule has 0 aliphatic carbocycles. The van der Waals surface area contributed by atoms with Crippen LogP contribution in [0.3, 0.4) is 0 Å². The molecule has 22 heavy (non-hydrogen) atoms. The van der Waals surface area contributed by atoms with Crippen LogP contribution in [-0.2, 0) is 16.4 Å². The number of rotatable bonds is 6. The first-order valence-corrected chi connectivity index (χ1v) is 9.19. The van der Waals surface area contributed by atoms with Gasteiger partial charge in [-0.3, -0.25) is 0 Å². The molecule has 0 unspecified atom stereocenters. The highest BCUT2D eigenvalue weighted by Crippen LogP contribution is 2.25. The van der Waals surface area contributed by atoms with E-state index in [-0.39, 0.29) is 0 Å². The van der Waals surface area contributed by atoms with Crippen LogP contribution in [0.25, 0.3) is 0 Å². The summed E-state index contributed by atoms with van der Waals surface area (Å²) in [5.41, 5.74) is 1.47. The minimum Gasteiger partial charge on any atom is -0.496 e. The van der Waals surface area contributed by atoms with Gasteiger partial charge in [0, 0.05) is 17.6 Å². The molecule has 1 aromatic heterocycles. The summed E-state index contributed by atoms with van der Waals surface area (Å²) in [7, 11) is -1.95. The zero-order valence-electron chi connectivity index (χ0n) is 13.1. The van der Waals surface area contributed by atoms with E-state index in [1.165, 1.54) is 0 Å². The van der Waals surface area contributed by atoms with Crippen LogP contribution in [0.15, 0.2) is 23.2 Å². The Balaban J connectivity index is 2.11. The number of methoxy groups -OCH3 is 1. The minimum atomic E-state index is -3.52. The molecule has 7 heteroatoms. The molecule has 0 saturated carbocycles. The van der Waals surface area contributed by atoms with E-state index in [4.69, 9.17) is 4.74 Å². The second-order valence-electron chi connectivity index (χ2n) is 5.08. The first-order valence-electron chi connectivity index (χ1n) is 6.89. The Hall–Kier alpha value is -1.44.